The zero-order valence-electron chi connectivity index (χ0n) is 17.6. The Balaban J connectivity index is 1.70. The fraction of sp³-hybridized carbons (Fsp3) is 0.429. The third-order valence-electron chi connectivity index (χ3n) is 5.29. The number of nitrogens with one attached hydrogen (secondary N) is 1. The van der Waals surface area contributed by atoms with Gasteiger partial charge in [0.05, 0.1) is 19.1 Å². The molecule has 1 aromatic heterocycles. The number of carbonyl (C=O) groups is 1. The summed E-state index contributed by atoms with van der Waals surface area (Å²) in [7, 11) is -0.734. The van der Waals surface area contributed by atoms with Crippen LogP contribution in [0.2, 0.25) is 0 Å². The van der Waals surface area contributed by atoms with Crippen molar-refractivity contribution in [2.45, 2.75) is 31.6 Å². The molecule has 0 spiro atoms. The maximum Gasteiger partial charge on any atom is 0.243 e. The minimum absolute atomic E-state index is 0.132. The Labute approximate surface area is 177 Å². The predicted molar refractivity (Wildman–Crippen MR) is 113 cm³/mol. The highest BCUT2D eigenvalue weighted by Gasteiger charge is 2.33. The first kappa shape index (κ1) is 22.0. The summed E-state index contributed by atoms with van der Waals surface area (Å²) in [5.41, 5.74) is 1.59. The predicted octanol–water partition coefficient (Wildman–Crippen LogP) is 2.76. The van der Waals surface area contributed by atoms with E-state index < -0.39 is 10.0 Å². The Morgan fingerprint density at radius 1 is 1.10 bits per heavy atom. The molecule has 2 heterocycles. The molecule has 0 aliphatic carbocycles. The first-order chi connectivity index (χ1) is 14.3. The molecule has 162 valence electrons. The number of rotatable bonds is 6. The van der Waals surface area contributed by atoms with Crippen LogP contribution in [0.3, 0.4) is 0 Å². The van der Waals surface area contributed by atoms with Crippen LogP contribution in [0.15, 0.2) is 35.4 Å². The maximum atomic E-state index is 13.2. The van der Waals surface area contributed by atoms with Gasteiger partial charge in [0.15, 0.2) is 11.5 Å². The second kappa shape index (κ2) is 9.01. The highest BCUT2D eigenvalue weighted by molar-refractivity contribution is 7.89. The summed E-state index contributed by atoms with van der Waals surface area (Å²) >= 11 is 0. The third kappa shape index (κ3) is 4.57. The van der Waals surface area contributed by atoms with E-state index in [2.05, 4.69) is 10.3 Å². The van der Waals surface area contributed by atoms with Crippen LogP contribution in [-0.4, -0.2) is 50.9 Å². The van der Waals surface area contributed by atoms with E-state index in [4.69, 9.17) is 9.47 Å². The number of sulfonamides is 1. The number of methoxy groups -OCH3 is 2. The number of hydrogen-bond donors (Lipinski definition) is 1. The summed E-state index contributed by atoms with van der Waals surface area (Å²) in [5.74, 6) is 0.962. The van der Waals surface area contributed by atoms with Gasteiger partial charge in [-0.2, -0.15) is 4.31 Å². The Hall–Kier alpha value is -2.65. The van der Waals surface area contributed by atoms with Gasteiger partial charge in [0.25, 0.3) is 0 Å². The van der Waals surface area contributed by atoms with Crippen molar-refractivity contribution in [3.8, 4) is 11.5 Å². The molecule has 1 fully saturated rings. The molecule has 1 aromatic carbocycles. The third-order valence-corrected chi connectivity index (χ3v) is 7.33. The fourth-order valence-corrected chi connectivity index (χ4v) is 5.26. The van der Waals surface area contributed by atoms with E-state index in [1.807, 2.05) is 13.0 Å². The lowest BCUT2D eigenvalue weighted by Gasteiger charge is -2.31. The molecule has 0 atom stereocenters. The van der Waals surface area contributed by atoms with Gasteiger partial charge in [0, 0.05) is 31.3 Å². The number of aromatic nitrogens is 1. The second-order valence-corrected chi connectivity index (χ2v) is 9.27. The van der Waals surface area contributed by atoms with Crippen molar-refractivity contribution in [2.24, 2.45) is 5.92 Å². The Bertz CT molecular complexity index is 1030. The van der Waals surface area contributed by atoms with Crippen molar-refractivity contribution >= 4 is 21.7 Å². The van der Waals surface area contributed by atoms with Crippen molar-refractivity contribution in [2.75, 3.05) is 32.6 Å². The molecule has 1 aliphatic heterocycles. The van der Waals surface area contributed by atoms with E-state index in [0.29, 0.717) is 35.7 Å². The molecule has 3 rings (SSSR count). The van der Waals surface area contributed by atoms with Gasteiger partial charge in [-0.25, -0.2) is 13.4 Å². The van der Waals surface area contributed by atoms with Crippen LogP contribution < -0.4 is 14.8 Å². The van der Waals surface area contributed by atoms with Crippen LogP contribution in [0.4, 0.5) is 5.82 Å². The second-order valence-electron chi connectivity index (χ2n) is 7.36. The standard InChI is InChI=1S/C21H27N3O5S/c1-14-5-8-22-20(11-14)23-21(25)16-6-9-24(10-7-16)30(26,27)19-13-18(29-4)17(28-3)12-15(19)2/h5,8,11-13,16H,6-7,9-10H2,1-4H3,(H,22,23,25). The maximum absolute atomic E-state index is 13.2. The van der Waals surface area contributed by atoms with Gasteiger partial charge >= 0.3 is 0 Å². The first-order valence-electron chi connectivity index (χ1n) is 9.72. The molecule has 1 aliphatic rings. The van der Waals surface area contributed by atoms with Gasteiger partial charge < -0.3 is 14.8 Å². The number of aryl methyl sites for hydroxylation is 2. The van der Waals surface area contributed by atoms with Crippen molar-refractivity contribution in [1.29, 1.82) is 0 Å². The Morgan fingerprint density at radius 2 is 1.73 bits per heavy atom. The van der Waals surface area contributed by atoms with Gasteiger partial charge in [-0.15, -0.1) is 0 Å². The zero-order valence-corrected chi connectivity index (χ0v) is 18.5. The average Bonchev–Trinajstić information content (AvgIpc) is 2.73. The summed E-state index contributed by atoms with van der Waals surface area (Å²) in [4.78, 5) is 16.9. The number of hydrogen-bond acceptors (Lipinski definition) is 6. The quantitative estimate of drug-likeness (QED) is 0.752. The molecule has 0 unspecified atom stereocenters. The molecule has 0 saturated carbocycles. The molecule has 30 heavy (non-hydrogen) atoms. The van der Waals surface area contributed by atoms with Crippen LogP contribution in [-0.2, 0) is 14.8 Å². The lowest BCUT2D eigenvalue weighted by molar-refractivity contribution is -0.120. The summed E-state index contributed by atoms with van der Waals surface area (Å²) in [6.45, 7) is 4.20. The van der Waals surface area contributed by atoms with E-state index in [1.165, 1.54) is 24.6 Å². The number of benzene rings is 1. The number of piperidine rings is 1. The number of pyridine rings is 1. The van der Waals surface area contributed by atoms with Crippen LogP contribution >= 0.6 is 0 Å². The molecule has 1 N–H and O–H groups in total. The largest absolute Gasteiger partial charge is 0.493 e. The normalized spacial score (nSPS) is 15.6. The topological polar surface area (TPSA) is 97.8 Å². The van der Waals surface area contributed by atoms with Gasteiger partial charge in [-0.1, -0.05) is 0 Å². The average molecular weight is 434 g/mol. The fourth-order valence-electron chi connectivity index (χ4n) is 3.57. The number of anilines is 1. The highest BCUT2D eigenvalue weighted by Crippen LogP contribution is 2.34. The molecule has 1 saturated heterocycles. The van der Waals surface area contributed by atoms with E-state index in [1.54, 1.807) is 25.3 Å². The van der Waals surface area contributed by atoms with Crippen LogP contribution in [0.1, 0.15) is 24.0 Å². The minimum atomic E-state index is -3.71. The summed E-state index contributed by atoms with van der Waals surface area (Å²) in [5, 5.41) is 2.83. The summed E-state index contributed by atoms with van der Waals surface area (Å²) in [6.07, 6.45) is 2.54. The number of ether oxygens (including phenoxy) is 2. The van der Waals surface area contributed by atoms with E-state index in [0.717, 1.165) is 5.56 Å². The van der Waals surface area contributed by atoms with Crippen LogP contribution in [0, 0.1) is 19.8 Å². The SMILES string of the molecule is COc1cc(C)c(S(=O)(=O)N2CCC(C(=O)Nc3cc(C)ccn3)CC2)cc1OC. The van der Waals surface area contributed by atoms with Gasteiger partial charge in [-0.05, 0) is 56.0 Å². The molecule has 0 radical (unpaired) electrons. The molecular weight excluding hydrogens is 406 g/mol. The summed E-state index contributed by atoms with van der Waals surface area (Å²) < 4.78 is 38.3. The Morgan fingerprint density at radius 3 is 2.33 bits per heavy atom. The molecular formula is C21H27N3O5S. The molecule has 9 heteroatoms. The number of nitrogens with zero attached hydrogens (tertiary/aromatic N) is 2. The number of amides is 1. The minimum Gasteiger partial charge on any atom is -0.493 e. The van der Waals surface area contributed by atoms with Crippen molar-refractivity contribution < 1.29 is 22.7 Å². The van der Waals surface area contributed by atoms with E-state index in [9.17, 15) is 13.2 Å². The molecule has 1 amide bonds. The van der Waals surface area contributed by atoms with Crippen LogP contribution in [0.25, 0.3) is 0 Å². The van der Waals surface area contributed by atoms with Gasteiger partial charge in [0.1, 0.15) is 5.82 Å². The van der Waals surface area contributed by atoms with E-state index >= 15 is 0 Å². The lowest BCUT2D eigenvalue weighted by atomic mass is 9.97. The number of carbonyl (C=O) groups excluding carboxylic acids is 1. The summed E-state index contributed by atoms with van der Waals surface area (Å²) in [6, 6.07) is 6.80. The molecule has 2 aromatic rings. The molecule has 8 nitrogen and oxygen atoms in total. The van der Waals surface area contributed by atoms with Crippen molar-refractivity contribution in [3.63, 3.8) is 0 Å². The first-order valence-corrected chi connectivity index (χ1v) is 11.2. The monoisotopic (exact) mass is 433 g/mol. The van der Waals surface area contributed by atoms with Gasteiger partial charge in [-0.3, -0.25) is 4.79 Å². The smallest absolute Gasteiger partial charge is 0.243 e. The zero-order chi connectivity index (χ0) is 21.9. The van der Waals surface area contributed by atoms with Gasteiger partial charge in [0.2, 0.25) is 15.9 Å². The Kier molecular flexibility index (Phi) is 6.62. The van der Waals surface area contributed by atoms with E-state index in [-0.39, 0.29) is 29.8 Å². The van der Waals surface area contributed by atoms with Crippen LogP contribution in [0.5, 0.6) is 11.5 Å². The lowest BCUT2D eigenvalue weighted by Crippen LogP contribution is -2.41. The highest BCUT2D eigenvalue weighted by atomic mass is 32.2. The molecule has 0 bridgehead atoms. The van der Waals surface area contributed by atoms with Crippen molar-refractivity contribution in [1.82, 2.24) is 9.29 Å². The van der Waals surface area contributed by atoms with Crippen molar-refractivity contribution in [3.05, 3.63) is 41.6 Å².